The van der Waals surface area contributed by atoms with E-state index >= 15 is 0 Å². The average Bonchev–Trinajstić information content (AvgIpc) is 3.28. The first-order valence-corrected chi connectivity index (χ1v) is 10.1. The third-order valence-electron chi connectivity index (χ3n) is 5.91. The average molecular weight is 442 g/mol. The number of para-hydroxylation sites is 2. The number of benzene rings is 2. The summed E-state index contributed by atoms with van der Waals surface area (Å²) < 4.78 is 2.37. The molecular formula is C22H28BrN5. The molecule has 2 aliphatic heterocycles. The van der Waals surface area contributed by atoms with Crippen molar-refractivity contribution in [1.82, 2.24) is 19.4 Å². The Balaban J connectivity index is 0.00000192. The van der Waals surface area contributed by atoms with Crippen LogP contribution in [0, 0.1) is 0 Å². The lowest BCUT2D eigenvalue weighted by Gasteiger charge is -2.35. The van der Waals surface area contributed by atoms with E-state index < -0.39 is 0 Å². The van der Waals surface area contributed by atoms with Crippen molar-refractivity contribution < 1.29 is 0 Å². The normalized spacial score (nSPS) is 17.6. The summed E-state index contributed by atoms with van der Waals surface area (Å²) in [4.78, 5) is 12.5. The van der Waals surface area contributed by atoms with Crippen LogP contribution in [0.5, 0.6) is 0 Å². The topological polar surface area (TPSA) is 27.5 Å². The molecule has 0 bridgehead atoms. The smallest absolute Gasteiger partial charge is 0.206 e. The summed E-state index contributed by atoms with van der Waals surface area (Å²) in [5.74, 6) is 1.15. The summed E-state index contributed by atoms with van der Waals surface area (Å²) in [5.41, 5.74) is 3.80. The Morgan fingerprint density at radius 2 is 1.43 bits per heavy atom. The van der Waals surface area contributed by atoms with Gasteiger partial charge in [-0.3, -0.25) is 9.80 Å². The maximum absolute atomic E-state index is 4.86. The molecule has 0 saturated carbocycles. The Hall–Kier alpha value is -1.89. The van der Waals surface area contributed by atoms with E-state index in [0.717, 1.165) is 70.4 Å². The van der Waals surface area contributed by atoms with Crippen molar-refractivity contribution >= 4 is 34.0 Å². The first kappa shape index (κ1) is 19.4. The fourth-order valence-corrected chi connectivity index (χ4v) is 4.33. The van der Waals surface area contributed by atoms with E-state index in [-0.39, 0.29) is 17.0 Å². The van der Waals surface area contributed by atoms with Gasteiger partial charge in [0.2, 0.25) is 5.95 Å². The number of hydrogen-bond donors (Lipinski definition) is 0. The highest BCUT2D eigenvalue weighted by atomic mass is 79.9. The second kappa shape index (κ2) is 8.64. The summed E-state index contributed by atoms with van der Waals surface area (Å²) in [6, 6.07) is 19.3. The first-order chi connectivity index (χ1) is 13.4. The molecule has 5 rings (SSSR count). The minimum Gasteiger partial charge on any atom is -0.339 e. The molecule has 0 amide bonds. The number of nitrogens with zero attached hydrogens (tertiary/aromatic N) is 5. The maximum Gasteiger partial charge on any atom is 0.206 e. The molecule has 148 valence electrons. The number of aromatic nitrogens is 2. The zero-order valence-corrected chi connectivity index (χ0v) is 17.9. The van der Waals surface area contributed by atoms with Crippen molar-refractivity contribution in [3.8, 4) is 0 Å². The molecule has 3 aromatic rings. The molecule has 5 nitrogen and oxygen atoms in total. The maximum atomic E-state index is 4.86. The van der Waals surface area contributed by atoms with Gasteiger partial charge in [0.25, 0.3) is 0 Å². The molecule has 0 atom stereocenters. The third kappa shape index (κ3) is 3.95. The van der Waals surface area contributed by atoms with Gasteiger partial charge in [-0.25, -0.2) is 4.98 Å². The minimum atomic E-state index is 0. The molecule has 0 N–H and O–H groups in total. The molecule has 0 aliphatic carbocycles. The van der Waals surface area contributed by atoms with E-state index in [1.165, 1.54) is 11.1 Å². The molecule has 0 radical (unpaired) electrons. The van der Waals surface area contributed by atoms with Crippen LogP contribution in [0.3, 0.4) is 0 Å². The highest BCUT2D eigenvalue weighted by molar-refractivity contribution is 8.93. The second-order valence-electron chi connectivity index (χ2n) is 7.64. The number of halogens is 1. The van der Waals surface area contributed by atoms with Crippen molar-refractivity contribution in [1.29, 1.82) is 0 Å². The Labute approximate surface area is 177 Å². The Kier molecular flexibility index (Phi) is 5.99. The van der Waals surface area contributed by atoms with Crippen LogP contribution < -0.4 is 4.90 Å². The highest BCUT2D eigenvalue weighted by Gasteiger charge is 2.24. The summed E-state index contributed by atoms with van der Waals surface area (Å²) in [7, 11) is 0. The van der Waals surface area contributed by atoms with Gasteiger partial charge in [-0.1, -0.05) is 42.5 Å². The Bertz CT molecular complexity index is 902. The standard InChI is InChI=1S/C22H27N5.BrH/c1-2-6-19(7-3-1)18-25-12-10-24(11-13-25)14-15-26-16-17-27-21-9-5-4-8-20(21)23-22(26)27;/h1-9H,10-18H2;1H. The third-order valence-corrected chi connectivity index (χ3v) is 5.91. The van der Waals surface area contributed by atoms with Crippen LogP contribution in [0.4, 0.5) is 5.95 Å². The molecule has 0 spiro atoms. The molecule has 1 aromatic heterocycles. The van der Waals surface area contributed by atoms with Crippen molar-refractivity contribution in [3.05, 3.63) is 60.2 Å². The zero-order chi connectivity index (χ0) is 18.1. The lowest BCUT2D eigenvalue weighted by molar-refractivity contribution is 0.129. The van der Waals surface area contributed by atoms with Crippen LogP contribution in [0.2, 0.25) is 0 Å². The van der Waals surface area contributed by atoms with Crippen LogP contribution in [-0.4, -0.2) is 65.2 Å². The number of piperazine rings is 1. The van der Waals surface area contributed by atoms with E-state index in [1.54, 1.807) is 0 Å². The van der Waals surface area contributed by atoms with Gasteiger partial charge in [0.05, 0.1) is 11.0 Å². The van der Waals surface area contributed by atoms with Crippen LogP contribution in [0.25, 0.3) is 11.0 Å². The molecule has 1 saturated heterocycles. The lowest BCUT2D eigenvalue weighted by Crippen LogP contribution is -2.48. The SMILES string of the molecule is Br.c1ccc(CN2CCN(CCN3CCn4c3nc3ccccc34)CC2)cc1. The van der Waals surface area contributed by atoms with E-state index in [1.807, 2.05) is 0 Å². The van der Waals surface area contributed by atoms with E-state index in [2.05, 4.69) is 73.9 Å². The molecule has 28 heavy (non-hydrogen) atoms. The molecule has 2 aliphatic rings. The van der Waals surface area contributed by atoms with Gasteiger partial charge in [0, 0.05) is 58.9 Å². The second-order valence-corrected chi connectivity index (χ2v) is 7.64. The number of hydrogen-bond acceptors (Lipinski definition) is 4. The predicted octanol–water partition coefficient (Wildman–Crippen LogP) is 3.25. The van der Waals surface area contributed by atoms with Gasteiger partial charge >= 0.3 is 0 Å². The fraction of sp³-hybridized carbons (Fsp3) is 0.409. The summed E-state index contributed by atoms with van der Waals surface area (Å²) in [6.45, 7) is 10.1. The quantitative estimate of drug-likeness (QED) is 0.607. The van der Waals surface area contributed by atoms with E-state index in [0.29, 0.717) is 0 Å². The molecule has 1 fully saturated rings. The summed E-state index contributed by atoms with van der Waals surface area (Å²) >= 11 is 0. The van der Waals surface area contributed by atoms with E-state index in [9.17, 15) is 0 Å². The van der Waals surface area contributed by atoms with Crippen LogP contribution >= 0.6 is 17.0 Å². The molecule has 2 aromatic carbocycles. The van der Waals surface area contributed by atoms with Gasteiger partial charge in [-0.05, 0) is 17.7 Å². The minimum absolute atomic E-state index is 0. The first-order valence-electron chi connectivity index (χ1n) is 10.1. The largest absolute Gasteiger partial charge is 0.339 e. The van der Waals surface area contributed by atoms with Crippen LogP contribution in [0.15, 0.2) is 54.6 Å². The van der Waals surface area contributed by atoms with Crippen LogP contribution in [-0.2, 0) is 13.1 Å². The van der Waals surface area contributed by atoms with E-state index in [4.69, 9.17) is 4.98 Å². The molecule has 3 heterocycles. The van der Waals surface area contributed by atoms with Gasteiger partial charge < -0.3 is 9.47 Å². The van der Waals surface area contributed by atoms with Crippen molar-refractivity contribution in [2.45, 2.75) is 13.1 Å². The molecule has 0 unspecified atom stereocenters. The van der Waals surface area contributed by atoms with Crippen molar-refractivity contribution in [2.75, 3.05) is 50.7 Å². The number of imidazole rings is 1. The monoisotopic (exact) mass is 441 g/mol. The Morgan fingerprint density at radius 3 is 2.25 bits per heavy atom. The Morgan fingerprint density at radius 1 is 0.714 bits per heavy atom. The van der Waals surface area contributed by atoms with Gasteiger partial charge in [0.1, 0.15) is 0 Å². The van der Waals surface area contributed by atoms with Crippen molar-refractivity contribution in [3.63, 3.8) is 0 Å². The number of fused-ring (bicyclic) bond motifs is 3. The molecule has 6 heteroatoms. The molecular weight excluding hydrogens is 414 g/mol. The van der Waals surface area contributed by atoms with Crippen LogP contribution in [0.1, 0.15) is 5.56 Å². The van der Waals surface area contributed by atoms with Gasteiger partial charge in [-0.15, -0.1) is 17.0 Å². The summed E-state index contributed by atoms with van der Waals surface area (Å²) in [6.07, 6.45) is 0. The highest BCUT2D eigenvalue weighted by Crippen LogP contribution is 2.26. The number of anilines is 1. The number of rotatable bonds is 5. The van der Waals surface area contributed by atoms with Gasteiger partial charge in [0.15, 0.2) is 0 Å². The predicted molar refractivity (Wildman–Crippen MR) is 120 cm³/mol. The summed E-state index contributed by atoms with van der Waals surface area (Å²) in [5, 5.41) is 0. The van der Waals surface area contributed by atoms with Crippen molar-refractivity contribution in [2.24, 2.45) is 0 Å². The fourth-order valence-electron chi connectivity index (χ4n) is 4.33. The lowest BCUT2D eigenvalue weighted by atomic mass is 10.2. The zero-order valence-electron chi connectivity index (χ0n) is 16.2. The van der Waals surface area contributed by atoms with Gasteiger partial charge in [-0.2, -0.15) is 0 Å².